The van der Waals surface area contributed by atoms with Crippen molar-refractivity contribution in [2.24, 2.45) is 9.98 Å². The van der Waals surface area contributed by atoms with Crippen molar-refractivity contribution in [3.63, 3.8) is 0 Å². The summed E-state index contributed by atoms with van der Waals surface area (Å²) in [5.41, 5.74) is 1.49. The maximum Gasteiger partial charge on any atom is 0.344 e. The van der Waals surface area contributed by atoms with E-state index in [0.717, 1.165) is 5.56 Å². The molecular weight excluding hydrogens is 392 g/mol. The summed E-state index contributed by atoms with van der Waals surface area (Å²) >= 11 is 0. The monoisotopic (exact) mass is 416 g/mol. The number of fused-ring (bicyclic) bond motifs is 1. The number of ether oxygens (including phenoxy) is 1. The van der Waals surface area contributed by atoms with Gasteiger partial charge in [0.1, 0.15) is 16.9 Å². The molecule has 0 radical (unpaired) electrons. The Hall–Kier alpha value is -3.80. The number of carbonyl (C=O) groups excluding carboxylic acids is 2. The van der Waals surface area contributed by atoms with Gasteiger partial charge in [-0.25, -0.2) is 9.79 Å². The van der Waals surface area contributed by atoms with Crippen molar-refractivity contribution in [3.05, 3.63) is 88.7 Å². The second-order valence-corrected chi connectivity index (χ2v) is 7.99. The molecule has 158 valence electrons. The van der Waals surface area contributed by atoms with Crippen molar-refractivity contribution < 1.29 is 19.4 Å². The summed E-state index contributed by atoms with van der Waals surface area (Å²) in [5.74, 6) is -1.23. The van der Waals surface area contributed by atoms with Crippen LogP contribution >= 0.6 is 0 Å². The molecule has 1 amide bonds. The number of aliphatic imine (C=N–C) groups is 2. The fourth-order valence-electron chi connectivity index (χ4n) is 3.00. The molecule has 0 unspecified atom stereocenters. The second-order valence-electron chi connectivity index (χ2n) is 7.99. The number of amides is 1. The maximum atomic E-state index is 12.7. The molecule has 1 aliphatic rings. The van der Waals surface area contributed by atoms with E-state index < -0.39 is 17.5 Å². The van der Waals surface area contributed by atoms with E-state index >= 15 is 0 Å². The number of esters is 1. The van der Waals surface area contributed by atoms with Crippen LogP contribution in [0, 0.1) is 0 Å². The number of nitrogens with zero attached hydrogens (tertiary/aromatic N) is 2. The second kappa shape index (κ2) is 8.92. The predicted molar refractivity (Wildman–Crippen MR) is 121 cm³/mol. The summed E-state index contributed by atoms with van der Waals surface area (Å²) in [7, 11) is 0. The lowest BCUT2D eigenvalue weighted by Gasteiger charge is -2.21. The van der Waals surface area contributed by atoms with Crippen LogP contribution < -0.4 is 0 Å². The van der Waals surface area contributed by atoms with Crippen LogP contribution in [0.5, 0.6) is 0 Å². The molecule has 0 fully saturated rings. The molecule has 0 saturated carbocycles. The average molecular weight is 416 g/mol. The first-order valence-electron chi connectivity index (χ1n) is 9.83. The lowest BCUT2D eigenvalue weighted by atomic mass is 9.99. The molecule has 3 rings (SSSR count). The Bertz CT molecular complexity index is 1130. The van der Waals surface area contributed by atoms with Crippen LogP contribution in [0.1, 0.15) is 44.4 Å². The Morgan fingerprint density at radius 2 is 1.61 bits per heavy atom. The van der Waals surface area contributed by atoms with Gasteiger partial charge in [0.2, 0.25) is 0 Å². The topological polar surface area (TPSA) is 88.3 Å². The maximum absolute atomic E-state index is 12.7. The van der Waals surface area contributed by atoms with Crippen molar-refractivity contribution in [2.45, 2.75) is 33.3 Å². The molecule has 6 heteroatoms. The van der Waals surface area contributed by atoms with Crippen molar-refractivity contribution >= 4 is 29.5 Å². The molecule has 0 saturated heterocycles. The largest absolute Gasteiger partial charge is 0.512 e. The van der Waals surface area contributed by atoms with Crippen LogP contribution in [0.15, 0.2) is 82.0 Å². The quantitative estimate of drug-likeness (QED) is 0.446. The highest BCUT2D eigenvalue weighted by molar-refractivity contribution is 6.36. The molecular formula is C25H24N2O4. The van der Waals surface area contributed by atoms with E-state index in [1.807, 2.05) is 30.3 Å². The SMILES string of the molecule is CC(O)=C(C(=O)OC(C)(C)C)C1=NC(=NC(=O)C=Cc2ccccc2)c2ccccc21. The molecule has 0 atom stereocenters. The van der Waals surface area contributed by atoms with Gasteiger partial charge >= 0.3 is 5.97 Å². The smallest absolute Gasteiger partial charge is 0.344 e. The number of amidine groups is 1. The molecule has 0 bridgehead atoms. The molecule has 1 aliphatic heterocycles. The third-order valence-corrected chi connectivity index (χ3v) is 4.28. The molecule has 0 aromatic heterocycles. The van der Waals surface area contributed by atoms with Crippen molar-refractivity contribution in [2.75, 3.05) is 0 Å². The van der Waals surface area contributed by atoms with E-state index in [1.165, 1.54) is 13.0 Å². The first kappa shape index (κ1) is 21.9. The molecule has 2 aromatic carbocycles. The van der Waals surface area contributed by atoms with Crippen LogP contribution in [0.3, 0.4) is 0 Å². The van der Waals surface area contributed by atoms with Gasteiger partial charge in [0, 0.05) is 17.2 Å². The molecule has 1 N–H and O–H groups in total. The minimum Gasteiger partial charge on any atom is -0.512 e. The fraction of sp³-hybridized carbons (Fsp3) is 0.200. The first-order valence-corrected chi connectivity index (χ1v) is 9.83. The van der Waals surface area contributed by atoms with Gasteiger partial charge < -0.3 is 9.84 Å². The zero-order valence-electron chi connectivity index (χ0n) is 17.9. The summed E-state index contributed by atoms with van der Waals surface area (Å²) < 4.78 is 5.44. The number of benzene rings is 2. The number of carbonyl (C=O) groups is 2. The lowest BCUT2D eigenvalue weighted by Crippen LogP contribution is -2.28. The van der Waals surface area contributed by atoms with Gasteiger partial charge in [-0.1, -0.05) is 54.6 Å². The number of hydrogen-bond donors (Lipinski definition) is 1. The number of aliphatic hydroxyl groups excluding tert-OH is 1. The van der Waals surface area contributed by atoms with E-state index in [1.54, 1.807) is 51.1 Å². The van der Waals surface area contributed by atoms with Crippen LogP contribution in [0.2, 0.25) is 0 Å². The van der Waals surface area contributed by atoms with Crippen molar-refractivity contribution in [1.82, 2.24) is 0 Å². The summed E-state index contributed by atoms with van der Waals surface area (Å²) in [5, 5.41) is 10.2. The molecule has 0 spiro atoms. The molecule has 31 heavy (non-hydrogen) atoms. The average Bonchev–Trinajstić information content (AvgIpc) is 3.04. The summed E-state index contributed by atoms with van der Waals surface area (Å²) in [4.78, 5) is 33.7. The van der Waals surface area contributed by atoms with E-state index in [9.17, 15) is 14.7 Å². The van der Waals surface area contributed by atoms with Gasteiger partial charge in [-0.05, 0) is 39.3 Å². The highest BCUT2D eigenvalue weighted by Crippen LogP contribution is 2.26. The van der Waals surface area contributed by atoms with Crippen LogP contribution in [-0.2, 0) is 14.3 Å². The van der Waals surface area contributed by atoms with Crippen LogP contribution in [0.4, 0.5) is 0 Å². The Morgan fingerprint density at radius 3 is 2.23 bits per heavy atom. The van der Waals surface area contributed by atoms with Gasteiger partial charge in [-0.15, -0.1) is 0 Å². The number of allylic oxidation sites excluding steroid dienone is 1. The van der Waals surface area contributed by atoms with Gasteiger partial charge in [-0.2, -0.15) is 4.99 Å². The Kier molecular flexibility index (Phi) is 6.30. The fourth-order valence-corrected chi connectivity index (χ4v) is 3.00. The molecule has 0 aliphatic carbocycles. The standard InChI is InChI=1S/C25H24N2O4/c1-16(28)21(24(30)31-25(2,3)4)22-18-12-8-9-13-19(18)23(27-22)26-20(29)15-14-17-10-6-5-7-11-17/h5-15,28H,1-4H3. The third-order valence-electron chi connectivity index (χ3n) is 4.28. The Labute approximate surface area is 181 Å². The lowest BCUT2D eigenvalue weighted by molar-refractivity contribution is -0.149. The van der Waals surface area contributed by atoms with Crippen molar-refractivity contribution in [3.8, 4) is 0 Å². The zero-order valence-corrected chi connectivity index (χ0v) is 17.9. The Balaban J connectivity index is 1.99. The summed E-state index contributed by atoms with van der Waals surface area (Å²) in [6.45, 7) is 6.62. The van der Waals surface area contributed by atoms with Gasteiger partial charge in [0.05, 0.1) is 5.71 Å². The minimum absolute atomic E-state index is 0.0557. The van der Waals surface area contributed by atoms with E-state index in [4.69, 9.17) is 4.74 Å². The molecule has 2 aromatic rings. The number of aliphatic hydroxyl groups is 1. The predicted octanol–water partition coefficient (Wildman–Crippen LogP) is 4.65. The summed E-state index contributed by atoms with van der Waals surface area (Å²) in [6, 6.07) is 16.5. The van der Waals surface area contributed by atoms with Gasteiger partial charge in [0.25, 0.3) is 5.91 Å². The number of rotatable bonds is 4. The Morgan fingerprint density at radius 1 is 1.00 bits per heavy atom. The van der Waals surface area contributed by atoms with Crippen LogP contribution in [-0.4, -0.2) is 34.1 Å². The van der Waals surface area contributed by atoms with Gasteiger partial charge in [-0.3, -0.25) is 4.79 Å². The van der Waals surface area contributed by atoms with E-state index in [-0.39, 0.29) is 22.9 Å². The third kappa shape index (κ3) is 5.42. The highest BCUT2D eigenvalue weighted by atomic mass is 16.6. The van der Waals surface area contributed by atoms with Crippen molar-refractivity contribution in [1.29, 1.82) is 0 Å². The van der Waals surface area contributed by atoms with Gasteiger partial charge in [0.15, 0.2) is 5.84 Å². The number of hydrogen-bond acceptors (Lipinski definition) is 4. The first-order chi connectivity index (χ1) is 14.7. The zero-order chi connectivity index (χ0) is 22.6. The minimum atomic E-state index is -0.744. The molecule has 1 heterocycles. The highest BCUT2D eigenvalue weighted by Gasteiger charge is 2.32. The molecule has 6 nitrogen and oxygen atoms in total. The normalized spacial score (nSPS) is 15.5. The summed E-state index contributed by atoms with van der Waals surface area (Å²) in [6.07, 6.45) is 3.03. The van der Waals surface area contributed by atoms with Crippen LogP contribution in [0.25, 0.3) is 6.08 Å². The van der Waals surface area contributed by atoms with E-state index in [2.05, 4.69) is 9.98 Å². The van der Waals surface area contributed by atoms with E-state index in [0.29, 0.717) is 11.1 Å².